The highest BCUT2D eigenvalue weighted by Crippen LogP contribution is 2.26. The zero-order valence-corrected chi connectivity index (χ0v) is 12.3. The molecular weight excluding hydrogens is 292 g/mol. The lowest BCUT2D eigenvalue weighted by Crippen LogP contribution is -2.33. The minimum absolute atomic E-state index is 0.171. The summed E-state index contributed by atoms with van der Waals surface area (Å²) in [5, 5.41) is 9.14. The molecule has 0 spiro atoms. The van der Waals surface area contributed by atoms with Crippen molar-refractivity contribution in [2.75, 3.05) is 19.8 Å². The number of hydrogen-bond donors (Lipinski definition) is 0. The first-order chi connectivity index (χ1) is 10.4. The largest absolute Gasteiger partial charge is 0.493 e. The Morgan fingerprint density at radius 2 is 1.91 bits per heavy atom. The van der Waals surface area contributed by atoms with Crippen LogP contribution >= 0.6 is 0 Å². The van der Waals surface area contributed by atoms with Gasteiger partial charge in [0.1, 0.15) is 12.4 Å². The number of hydrogen-bond acceptors (Lipinski definition) is 6. The molecule has 8 nitrogen and oxygen atoms in total. The Hall–Kier alpha value is -2.64. The van der Waals surface area contributed by atoms with Gasteiger partial charge in [-0.3, -0.25) is 14.5 Å². The van der Waals surface area contributed by atoms with E-state index in [2.05, 4.69) is 4.84 Å². The van der Waals surface area contributed by atoms with Crippen molar-refractivity contribution in [2.45, 2.75) is 13.8 Å². The first kappa shape index (κ1) is 15.7. The molecule has 0 bridgehead atoms. The maximum absolute atomic E-state index is 12.2. The third-order valence-corrected chi connectivity index (χ3v) is 3.04. The molecule has 0 radical (unpaired) electrons. The molecule has 22 heavy (non-hydrogen) atoms. The SMILES string of the molecule is CC(C)COc1ccc2c(c1)C(=O)N(CCO[N+](=O)[O-])C2=O. The zero-order valence-electron chi connectivity index (χ0n) is 12.3. The number of carbonyl (C=O) groups excluding carboxylic acids is 2. The molecule has 0 saturated carbocycles. The average Bonchev–Trinajstić information content (AvgIpc) is 2.69. The van der Waals surface area contributed by atoms with Gasteiger partial charge in [0.2, 0.25) is 0 Å². The number of amides is 2. The highest BCUT2D eigenvalue weighted by molar-refractivity contribution is 6.21. The molecule has 1 aromatic carbocycles. The second-order valence-electron chi connectivity index (χ2n) is 5.23. The van der Waals surface area contributed by atoms with E-state index in [0.29, 0.717) is 18.3 Å². The summed E-state index contributed by atoms with van der Waals surface area (Å²) in [7, 11) is 0. The van der Waals surface area contributed by atoms with Gasteiger partial charge in [-0.25, -0.2) is 0 Å². The number of ether oxygens (including phenoxy) is 1. The molecule has 0 saturated heterocycles. The van der Waals surface area contributed by atoms with Gasteiger partial charge in [0.05, 0.1) is 24.3 Å². The molecular formula is C14H16N2O6. The van der Waals surface area contributed by atoms with Crippen molar-refractivity contribution >= 4 is 11.8 Å². The third-order valence-electron chi connectivity index (χ3n) is 3.04. The molecule has 2 amide bonds. The average molecular weight is 308 g/mol. The van der Waals surface area contributed by atoms with Gasteiger partial charge in [-0.05, 0) is 24.1 Å². The second-order valence-corrected chi connectivity index (χ2v) is 5.23. The van der Waals surface area contributed by atoms with Crippen LogP contribution in [0.15, 0.2) is 18.2 Å². The molecule has 0 atom stereocenters. The summed E-state index contributed by atoms with van der Waals surface area (Å²) in [6.07, 6.45) is 0. The summed E-state index contributed by atoms with van der Waals surface area (Å²) < 4.78 is 5.53. The Morgan fingerprint density at radius 1 is 1.23 bits per heavy atom. The van der Waals surface area contributed by atoms with Gasteiger partial charge >= 0.3 is 0 Å². The van der Waals surface area contributed by atoms with E-state index in [0.717, 1.165) is 4.90 Å². The fourth-order valence-corrected chi connectivity index (χ4v) is 2.03. The van der Waals surface area contributed by atoms with E-state index in [-0.39, 0.29) is 24.3 Å². The van der Waals surface area contributed by atoms with Gasteiger partial charge < -0.3 is 9.57 Å². The summed E-state index contributed by atoms with van der Waals surface area (Å²) in [6, 6.07) is 4.68. The number of nitrogens with zero attached hydrogens (tertiary/aromatic N) is 2. The van der Waals surface area contributed by atoms with Crippen LogP contribution in [0.1, 0.15) is 34.6 Å². The maximum atomic E-state index is 12.2. The van der Waals surface area contributed by atoms with Crippen LogP contribution in [0.4, 0.5) is 0 Å². The Morgan fingerprint density at radius 3 is 2.55 bits per heavy atom. The first-order valence-corrected chi connectivity index (χ1v) is 6.80. The highest BCUT2D eigenvalue weighted by Gasteiger charge is 2.35. The zero-order chi connectivity index (χ0) is 16.3. The fourth-order valence-electron chi connectivity index (χ4n) is 2.03. The molecule has 0 aliphatic carbocycles. The molecule has 0 unspecified atom stereocenters. The van der Waals surface area contributed by atoms with Crippen LogP contribution in [0.2, 0.25) is 0 Å². The van der Waals surface area contributed by atoms with Crippen molar-refractivity contribution in [3.63, 3.8) is 0 Å². The van der Waals surface area contributed by atoms with Gasteiger partial charge in [0, 0.05) is 0 Å². The van der Waals surface area contributed by atoms with E-state index in [1.54, 1.807) is 6.07 Å². The Labute approximate surface area is 126 Å². The number of rotatable bonds is 7. The predicted molar refractivity (Wildman–Crippen MR) is 75.1 cm³/mol. The van der Waals surface area contributed by atoms with Crippen LogP contribution in [0.5, 0.6) is 5.75 Å². The van der Waals surface area contributed by atoms with Crippen LogP contribution < -0.4 is 4.74 Å². The van der Waals surface area contributed by atoms with E-state index in [1.807, 2.05) is 13.8 Å². The molecule has 0 N–H and O–H groups in total. The molecule has 1 aliphatic heterocycles. The Bertz CT molecular complexity index is 613. The van der Waals surface area contributed by atoms with Gasteiger partial charge in [0.15, 0.2) is 0 Å². The van der Waals surface area contributed by atoms with Gasteiger partial charge in [0.25, 0.3) is 16.9 Å². The van der Waals surface area contributed by atoms with Gasteiger partial charge in [-0.15, -0.1) is 10.1 Å². The standard InChI is InChI=1S/C14H16N2O6/c1-9(2)8-21-10-3-4-11-12(7-10)14(18)15(13(11)17)5-6-22-16(19)20/h3-4,7,9H,5-6,8H2,1-2H3. The van der Waals surface area contributed by atoms with Crippen LogP contribution in [0, 0.1) is 16.0 Å². The lowest BCUT2D eigenvalue weighted by molar-refractivity contribution is -0.757. The number of imide groups is 1. The van der Waals surface area contributed by atoms with Crippen molar-refractivity contribution in [1.29, 1.82) is 0 Å². The lowest BCUT2D eigenvalue weighted by atomic mass is 10.1. The topological polar surface area (TPSA) is 99.0 Å². The first-order valence-electron chi connectivity index (χ1n) is 6.80. The van der Waals surface area contributed by atoms with Crippen molar-refractivity contribution in [3.8, 4) is 5.75 Å². The van der Waals surface area contributed by atoms with Crippen LogP contribution in [-0.4, -0.2) is 41.6 Å². The van der Waals surface area contributed by atoms with E-state index in [1.165, 1.54) is 12.1 Å². The van der Waals surface area contributed by atoms with Crippen molar-refractivity contribution in [1.82, 2.24) is 4.90 Å². The summed E-state index contributed by atoms with van der Waals surface area (Å²) in [5.41, 5.74) is 0.510. The van der Waals surface area contributed by atoms with Crippen LogP contribution in [-0.2, 0) is 4.84 Å². The van der Waals surface area contributed by atoms with Crippen molar-refractivity contribution in [2.24, 2.45) is 5.92 Å². The summed E-state index contributed by atoms with van der Waals surface area (Å²) >= 11 is 0. The Kier molecular flexibility index (Phi) is 4.59. The molecule has 1 heterocycles. The van der Waals surface area contributed by atoms with E-state index >= 15 is 0 Å². The second kappa shape index (κ2) is 6.42. The molecule has 2 rings (SSSR count). The van der Waals surface area contributed by atoms with Crippen LogP contribution in [0.25, 0.3) is 0 Å². The molecule has 0 fully saturated rings. The van der Waals surface area contributed by atoms with Crippen molar-refractivity contribution in [3.05, 3.63) is 39.4 Å². The predicted octanol–water partition coefficient (Wildman–Crippen LogP) is 1.53. The normalized spacial score (nSPS) is 13.5. The lowest BCUT2D eigenvalue weighted by Gasteiger charge is -2.12. The van der Waals surface area contributed by atoms with E-state index in [4.69, 9.17) is 4.74 Å². The van der Waals surface area contributed by atoms with E-state index < -0.39 is 16.9 Å². The molecule has 0 aromatic heterocycles. The van der Waals surface area contributed by atoms with Gasteiger partial charge in [-0.1, -0.05) is 13.8 Å². The number of carbonyl (C=O) groups is 2. The molecule has 8 heteroatoms. The fraction of sp³-hybridized carbons (Fsp3) is 0.429. The monoisotopic (exact) mass is 308 g/mol. The minimum atomic E-state index is -0.962. The number of benzene rings is 1. The van der Waals surface area contributed by atoms with Crippen molar-refractivity contribution < 1.29 is 24.3 Å². The summed E-state index contributed by atoms with van der Waals surface area (Å²) in [6.45, 7) is 3.98. The molecule has 118 valence electrons. The molecule has 1 aromatic rings. The quantitative estimate of drug-likeness (QED) is 0.430. The number of fused-ring (bicyclic) bond motifs is 1. The van der Waals surface area contributed by atoms with E-state index in [9.17, 15) is 19.7 Å². The third kappa shape index (κ3) is 3.33. The molecule has 1 aliphatic rings. The Balaban J connectivity index is 2.10. The van der Waals surface area contributed by atoms with Crippen LogP contribution in [0.3, 0.4) is 0 Å². The summed E-state index contributed by atoms with van der Waals surface area (Å²) in [5.74, 6) is -0.136. The summed E-state index contributed by atoms with van der Waals surface area (Å²) in [4.78, 5) is 39.5. The van der Waals surface area contributed by atoms with Gasteiger partial charge in [-0.2, -0.15) is 0 Å². The maximum Gasteiger partial charge on any atom is 0.294 e. The minimum Gasteiger partial charge on any atom is -0.493 e. The smallest absolute Gasteiger partial charge is 0.294 e. The highest BCUT2D eigenvalue weighted by atomic mass is 16.9.